The molecule has 2 aromatic rings. The minimum Gasteiger partial charge on any atom is -0.497 e. The Balaban J connectivity index is 1.81. The Morgan fingerprint density at radius 3 is 2.21 bits per heavy atom. The first-order valence-corrected chi connectivity index (χ1v) is 9.97. The van der Waals surface area contributed by atoms with Crippen molar-refractivity contribution < 1.29 is 22.7 Å². The first-order chi connectivity index (χ1) is 13.2. The number of amides is 2. The average molecular weight is 405 g/mol. The molecule has 0 spiro atoms. The van der Waals surface area contributed by atoms with Crippen molar-refractivity contribution in [2.75, 3.05) is 25.5 Å². The van der Waals surface area contributed by atoms with Crippen LogP contribution in [-0.2, 0) is 19.6 Å². The number of anilines is 1. The number of ether oxygens (including phenoxy) is 1. The summed E-state index contributed by atoms with van der Waals surface area (Å²) in [6, 6.07) is 11.4. The largest absolute Gasteiger partial charge is 0.497 e. The third kappa shape index (κ3) is 6.07. The number of nitrogens with one attached hydrogen (secondary N) is 3. The van der Waals surface area contributed by atoms with Crippen molar-refractivity contribution in [1.82, 2.24) is 10.0 Å². The summed E-state index contributed by atoms with van der Waals surface area (Å²) in [5, 5.41) is 4.98. The van der Waals surface area contributed by atoms with Crippen molar-refractivity contribution in [3.8, 4) is 5.75 Å². The fourth-order valence-electron chi connectivity index (χ4n) is 2.25. The normalized spacial score (nSPS) is 11.0. The molecular formula is C19H23N3O5S. The molecule has 2 aromatic carbocycles. The smallest absolute Gasteiger partial charge is 0.243 e. The van der Waals surface area contributed by atoms with Gasteiger partial charge in [0, 0.05) is 5.69 Å². The van der Waals surface area contributed by atoms with Gasteiger partial charge in [-0.05, 0) is 61.4 Å². The lowest BCUT2D eigenvalue weighted by molar-refractivity contribution is -0.123. The van der Waals surface area contributed by atoms with Crippen LogP contribution in [0.1, 0.15) is 11.1 Å². The number of hydrogen-bond donors (Lipinski definition) is 3. The monoisotopic (exact) mass is 405 g/mol. The zero-order valence-electron chi connectivity index (χ0n) is 15.9. The molecular weight excluding hydrogens is 382 g/mol. The van der Waals surface area contributed by atoms with E-state index in [1.807, 2.05) is 13.8 Å². The van der Waals surface area contributed by atoms with Gasteiger partial charge in [-0.25, -0.2) is 13.1 Å². The van der Waals surface area contributed by atoms with Crippen LogP contribution >= 0.6 is 0 Å². The molecule has 0 heterocycles. The van der Waals surface area contributed by atoms with E-state index in [0.29, 0.717) is 11.4 Å². The second kappa shape index (κ2) is 9.34. The fraction of sp³-hybridized carbons (Fsp3) is 0.263. The second-order valence-corrected chi connectivity index (χ2v) is 7.89. The van der Waals surface area contributed by atoms with Gasteiger partial charge in [0.25, 0.3) is 0 Å². The third-order valence-corrected chi connectivity index (χ3v) is 5.43. The van der Waals surface area contributed by atoms with E-state index in [1.54, 1.807) is 30.3 Å². The Kier molecular flexibility index (Phi) is 7.13. The number of rotatable bonds is 8. The van der Waals surface area contributed by atoms with Gasteiger partial charge in [0.05, 0.1) is 25.1 Å². The summed E-state index contributed by atoms with van der Waals surface area (Å²) >= 11 is 0. The van der Waals surface area contributed by atoms with E-state index in [9.17, 15) is 18.0 Å². The maximum atomic E-state index is 12.3. The number of hydrogen-bond acceptors (Lipinski definition) is 5. The van der Waals surface area contributed by atoms with E-state index in [2.05, 4.69) is 15.4 Å². The highest BCUT2D eigenvalue weighted by molar-refractivity contribution is 7.89. The number of sulfonamides is 1. The van der Waals surface area contributed by atoms with E-state index >= 15 is 0 Å². The molecule has 9 heteroatoms. The molecule has 0 aliphatic rings. The number of aryl methyl sites for hydroxylation is 2. The van der Waals surface area contributed by atoms with Gasteiger partial charge in [0.15, 0.2) is 0 Å². The topological polar surface area (TPSA) is 114 Å². The molecule has 0 fully saturated rings. The van der Waals surface area contributed by atoms with E-state index in [-0.39, 0.29) is 11.4 Å². The van der Waals surface area contributed by atoms with Crippen LogP contribution < -0.4 is 20.1 Å². The molecule has 0 radical (unpaired) electrons. The van der Waals surface area contributed by atoms with Crippen LogP contribution in [0.3, 0.4) is 0 Å². The van der Waals surface area contributed by atoms with Crippen LogP contribution in [0.15, 0.2) is 47.4 Å². The van der Waals surface area contributed by atoms with Crippen LogP contribution in [0.5, 0.6) is 5.75 Å². The lowest BCUT2D eigenvalue weighted by atomic mass is 10.1. The molecule has 28 heavy (non-hydrogen) atoms. The highest BCUT2D eigenvalue weighted by Crippen LogP contribution is 2.15. The molecule has 0 unspecified atom stereocenters. The fourth-order valence-corrected chi connectivity index (χ4v) is 3.31. The lowest BCUT2D eigenvalue weighted by Crippen LogP contribution is -2.40. The molecule has 2 rings (SSSR count). The van der Waals surface area contributed by atoms with Crippen LogP contribution in [0.25, 0.3) is 0 Å². The summed E-state index contributed by atoms with van der Waals surface area (Å²) < 4.78 is 31.8. The average Bonchev–Trinajstić information content (AvgIpc) is 2.67. The molecule has 150 valence electrons. The molecule has 8 nitrogen and oxygen atoms in total. The van der Waals surface area contributed by atoms with Crippen molar-refractivity contribution in [1.29, 1.82) is 0 Å². The van der Waals surface area contributed by atoms with Gasteiger partial charge in [-0.1, -0.05) is 6.07 Å². The number of benzene rings is 2. The van der Waals surface area contributed by atoms with Gasteiger partial charge >= 0.3 is 0 Å². The van der Waals surface area contributed by atoms with Crippen LogP contribution in [0.4, 0.5) is 5.69 Å². The van der Waals surface area contributed by atoms with E-state index in [4.69, 9.17) is 4.74 Å². The van der Waals surface area contributed by atoms with E-state index in [0.717, 1.165) is 11.1 Å². The Bertz CT molecular complexity index is 956. The summed E-state index contributed by atoms with van der Waals surface area (Å²) in [4.78, 5) is 23.8. The van der Waals surface area contributed by atoms with Crippen molar-refractivity contribution in [2.45, 2.75) is 18.7 Å². The van der Waals surface area contributed by atoms with Gasteiger partial charge < -0.3 is 15.4 Å². The van der Waals surface area contributed by atoms with Crippen molar-refractivity contribution in [2.24, 2.45) is 0 Å². The van der Waals surface area contributed by atoms with Gasteiger partial charge in [-0.15, -0.1) is 0 Å². The maximum absolute atomic E-state index is 12.3. The molecule has 3 N–H and O–H groups in total. The molecule has 0 bridgehead atoms. The predicted octanol–water partition coefficient (Wildman–Crippen LogP) is 1.35. The van der Waals surface area contributed by atoms with Crippen molar-refractivity contribution in [3.05, 3.63) is 53.6 Å². The second-order valence-electron chi connectivity index (χ2n) is 6.12. The number of carbonyl (C=O) groups is 2. The minimum atomic E-state index is -3.81. The summed E-state index contributed by atoms with van der Waals surface area (Å²) in [7, 11) is -2.27. The zero-order valence-corrected chi connectivity index (χ0v) is 16.7. The predicted molar refractivity (Wildman–Crippen MR) is 106 cm³/mol. The maximum Gasteiger partial charge on any atom is 0.243 e. The highest BCUT2D eigenvalue weighted by atomic mass is 32.2. The van der Waals surface area contributed by atoms with Crippen molar-refractivity contribution in [3.63, 3.8) is 0 Å². The highest BCUT2D eigenvalue weighted by Gasteiger charge is 2.16. The molecule has 0 aromatic heterocycles. The van der Waals surface area contributed by atoms with Gasteiger partial charge in [0.1, 0.15) is 5.75 Å². The lowest BCUT2D eigenvalue weighted by Gasteiger charge is -2.10. The zero-order chi connectivity index (χ0) is 20.7. The van der Waals surface area contributed by atoms with Crippen LogP contribution in [0, 0.1) is 13.8 Å². The van der Waals surface area contributed by atoms with Gasteiger partial charge in [0.2, 0.25) is 21.8 Å². The van der Waals surface area contributed by atoms with Crippen LogP contribution in [-0.4, -0.2) is 40.4 Å². The Labute approximate surface area is 164 Å². The summed E-state index contributed by atoms with van der Waals surface area (Å²) in [5.41, 5.74) is 2.36. The molecule has 2 amide bonds. The molecule has 0 aliphatic carbocycles. The SMILES string of the molecule is COc1ccc(NC(=O)CNC(=O)CNS(=O)(=O)c2ccc(C)c(C)c2)cc1. The van der Waals surface area contributed by atoms with Gasteiger partial charge in [-0.3, -0.25) is 9.59 Å². The van der Waals surface area contributed by atoms with Gasteiger partial charge in [-0.2, -0.15) is 0 Å². The molecule has 0 aliphatic heterocycles. The van der Waals surface area contributed by atoms with E-state index in [1.165, 1.54) is 19.2 Å². The van der Waals surface area contributed by atoms with Crippen molar-refractivity contribution >= 4 is 27.5 Å². The van der Waals surface area contributed by atoms with E-state index < -0.39 is 28.4 Å². The molecule has 0 atom stereocenters. The number of carbonyl (C=O) groups excluding carboxylic acids is 2. The van der Waals surface area contributed by atoms with Crippen LogP contribution in [0.2, 0.25) is 0 Å². The Hall–Kier alpha value is -2.91. The number of methoxy groups -OCH3 is 1. The molecule has 0 saturated heterocycles. The quantitative estimate of drug-likeness (QED) is 0.613. The minimum absolute atomic E-state index is 0.0839. The summed E-state index contributed by atoms with van der Waals surface area (Å²) in [6.45, 7) is 2.94. The summed E-state index contributed by atoms with van der Waals surface area (Å²) in [5.74, 6) is -0.393. The first kappa shape index (κ1) is 21.4. The Morgan fingerprint density at radius 2 is 1.61 bits per heavy atom. The molecule has 0 saturated carbocycles. The third-order valence-electron chi connectivity index (χ3n) is 4.03. The summed E-state index contributed by atoms with van der Waals surface area (Å²) in [6.07, 6.45) is 0. The standard InChI is InChI=1S/C19H23N3O5S/c1-13-4-9-17(10-14(13)2)28(25,26)21-12-18(23)20-11-19(24)22-15-5-7-16(27-3)8-6-15/h4-10,21H,11-12H2,1-3H3,(H,20,23)(H,22,24). The Morgan fingerprint density at radius 1 is 0.929 bits per heavy atom. The first-order valence-electron chi connectivity index (χ1n) is 8.49.